The van der Waals surface area contributed by atoms with E-state index in [1.54, 1.807) is 0 Å². The van der Waals surface area contributed by atoms with Gasteiger partial charge in [-0.25, -0.2) is 0 Å². The quantitative estimate of drug-likeness (QED) is 0.557. The molecule has 0 spiro atoms. The van der Waals surface area contributed by atoms with E-state index in [4.69, 9.17) is 0 Å². The van der Waals surface area contributed by atoms with Gasteiger partial charge in [0, 0.05) is 0 Å². The first-order valence-electron chi connectivity index (χ1n) is 8.60. The third-order valence-electron chi connectivity index (χ3n) is 4.52. The summed E-state index contributed by atoms with van der Waals surface area (Å²) in [5.74, 6) is 0.0360. The number of benzene rings is 2. The van der Waals surface area contributed by atoms with Crippen LogP contribution in [-0.2, 0) is 11.2 Å². The van der Waals surface area contributed by atoms with Gasteiger partial charge in [-0.2, -0.15) is 0 Å². The van der Waals surface area contributed by atoms with Crippen molar-refractivity contribution in [2.45, 2.75) is 6.42 Å². The molecule has 1 heterocycles. The van der Waals surface area contributed by atoms with Crippen molar-refractivity contribution in [1.82, 2.24) is 9.80 Å². The Hall–Kier alpha value is -2.36. The summed E-state index contributed by atoms with van der Waals surface area (Å²) in [6.45, 7) is 0.659. The monoisotopic (exact) mass is 413 g/mol. The Bertz CT molecular complexity index is 828. The molecule has 0 bridgehead atoms. The Morgan fingerprint density at radius 2 is 1.69 bits per heavy atom. The van der Waals surface area contributed by atoms with E-state index in [0.29, 0.717) is 12.2 Å². The van der Waals surface area contributed by atoms with Gasteiger partial charge >= 0.3 is 163 Å². The van der Waals surface area contributed by atoms with Crippen LogP contribution in [0.2, 0.25) is 0 Å². The number of carbonyl (C=O) groups excluding carboxylic acids is 1. The van der Waals surface area contributed by atoms with E-state index < -0.39 is 0 Å². The molecule has 1 saturated heterocycles. The van der Waals surface area contributed by atoms with Crippen LogP contribution < -0.4 is 4.90 Å². The average molecular weight is 412 g/mol. The Morgan fingerprint density at radius 1 is 1.04 bits per heavy atom. The van der Waals surface area contributed by atoms with Gasteiger partial charge in [-0.15, -0.1) is 0 Å². The molecule has 2 aromatic rings. The molecule has 0 N–H and O–H groups in total. The second-order valence-electron chi connectivity index (χ2n) is 6.55. The first kappa shape index (κ1) is 18.4. The summed E-state index contributed by atoms with van der Waals surface area (Å²) in [6, 6.07) is 18.4. The molecule has 1 amide bonds. The Morgan fingerprint density at radius 3 is 2.31 bits per heavy atom. The van der Waals surface area contributed by atoms with Gasteiger partial charge in [0.15, 0.2) is 0 Å². The third-order valence-corrected chi connectivity index (χ3v) is 5.56. The fourth-order valence-corrected chi connectivity index (χ4v) is 3.49. The molecular weight excluding hydrogens is 389 g/mol. The minimum atomic E-state index is 0.0360. The van der Waals surface area contributed by atoms with Crippen molar-refractivity contribution in [3.05, 3.63) is 71.4 Å². The summed E-state index contributed by atoms with van der Waals surface area (Å²) in [5, 5.41) is 0. The Kier molecular flexibility index (Phi) is 5.60. The normalized spacial score (nSPS) is 15.9. The molecule has 1 aliphatic heterocycles. The molecule has 1 aliphatic rings. The number of likely N-dealkylation sites (N-methyl/N-ethyl adjacent to an activating group) is 1. The molecule has 0 saturated carbocycles. The molecule has 2 aromatic carbocycles. The zero-order valence-corrected chi connectivity index (χ0v) is 17.1. The molecular formula is C21H23N3OSe. The SMILES string of the molecule is CN1C(=[Se])N(CCc2ccccc2)C(=O)/C1=C\c1ccc(N(C)C)cc1. The summed E-state index contributed by atoms with van der Waals surface area (Å²) in [5.41, 5.74) is 4.07. The maximum absolute atomic E-state index is 12.9. The van der Waals surface area contributed by atoms with E-state index in [1.807, 2.05) is 67.4 Å². The van der Waals surface area contributed by atoms with Gasteiger partial charge in [0.25, 0.3) is 0 Å². The van der Waals surface area contributed by atoms with E-state index >= 15 is 0 Å². The van der Waals surface area contributed by atoms with Gasteiger partial charge in [0.2, 0.25) is 0 Å². The summed E-state index contributed by atoms with van der Waals surface area (Å²) in [4.78, 5) is 18.7. The van der Waals surface area contributed by atoms with Crippen LogP contribution >= 0.6 is 0 Å². The first-order valence-corrected chi connectivity index (χ1v) is 9.45. The summed E-state index contributed by atoms with van der Waals surface area (Å²) in [6.07, 6.45) is 2.78. The summed E-state index contributed by atoms with van der Waals surface area (Å²) in [7, 11) is 5.95. The van der Waals surface area contributed by atoms with Crippen LogP contribution in [0.15, 0.2) is 60.3 Å². The van der Waals surface area contributed by atoms with Crippen molar-refractivity contribution in [1.29, 1.82) is 0 Å². The van der Waals surface area contributed by atoms with Crippen molar-refractivity contribution in [2.24, 2.45) is 0 Å². The zero-order valence-electron chi connectivity index (χ0n) is 15.3. The van der Waals surface area contributed by atoms with Crippen LogP contribution in [0.1, 0.15) is 11.1 Å². The van der Waals surface area contributed by atoms with Crippen LogP contribution in [0.5, 0.6) is 0 Å². The van der Waals surface area contributed by atoms with Crippen molar-refractivity contribution >= 4 is 37.9 Å². The number of anilines is 1. The van der Waals surface area contributed by atoms with Crippen LogP contribution in [0.25, 0.3) is 6.08 Å². The van der Waals surface area contributed by atoms with Crippen molar-refractivity contribution in [2.75, 3.05) is 32.6 Å². The summed E-state index contributed by atoms with van der Waals surface area (Å²) >= 11 is 3.05. The van der Waals surface area contributed by atoms with Crippen molar-refractivity contribution < 1.29 is 4.79 Å². The van der Waals surface area contributed by atoms with E-state index in [9.17, 15) is 4.79 Å². The van der Waals surface area contributed by atoms with Gasteiger partial charge < -0.3 is 0 Å². The molecule has 4 nitrogen and oxygen atoms in total. The van der Waals surface area contributed by atoms with E-state index in [0.717, 1.165) is 22.3 Å². The molecule has 0 unspecified atom stereocenters. The van der Waals surface area contributed by atoms with Gasteiger partial charge in [0.05, 0.1) is 0 Å². The average Bonchev–Trinajstić information content (AvgIpc) is 2.85. The molecule has 5 heteroatoms. The summed E-state index contributed by atoms with van der Waals surface area (Å²) < 4.78 is 0.849. The second kappa shape index (κ2) is 7.90. The minimum absolute atomic E-state index is 0.0360. The molecule has 3 rings (SSSR count). The molecule has 0 aliphatic carbocycles. The van der Waals surface area contributed by atoms with Gasteiger partial charge in [-0.05, 0) is 0 Å². The topological polar surface area (TPSA) is 26.8 Å². The fraction of sp³-hybridized carbons (Fsp3) is 0.238. The van der Waals surface area contributed by atoms with Crippen LogP contribution in [0, 0.1) is 0 Å². The number of hydrogen-bond donors (Lipinski definition) is 0. The predicted octanol–water partition coefficient (Wildman–Crippen LogP) is 2.37. The number of carbonyl (C=O) groups is 1. The van der Waals surface area contributed by atoms with E-state index in [-0.39, 0.29) is 5.91 Å². The van der Waals surface area contributed by atoms with Crippen LogP contribution in [-0.4, -0.2) is 63.6 Å². The van der Waals surface area contributed by atoms with Crippen LogP contribution in [0.4, 0.5) is 5.69 Å². The Labute approximate surface area is 163 Å². The molecule has 1 fully saturated rings. The van der Waals surface area contributed by atoms with Gasteiger partial charge in [0.1, 0.15) is 0 Å². The zero-order chi connectivity index (χ0) is 18.7. The number of rotatable bonds is 5. The number of amides is 1. The first-order chi connectivity index (χ1) is 12.5. The predicted molar refractivity (Wildman–Crippen MR) is 109 cm³/mol. The van der Waals surface area contributed by atoms with Crippen LogP contribution in [0.3, 0.4) is 0 Å². The third kappa shape index (κ3) is 3.90. The van der Waals surface area contributed by atoms with Gasteiger partial charge in [-0.1, -0.05) is 0 Å². The van der Waals surface area contributed by atoms with E-state index in [1.165, 1.54) is 5.56 Å². The van der Waals surface area contributed by atoms with E-state index in [2.05, 4.69) is 44.7 Å². The molecule has 0 radical (unpaired) electrons. The van der Waals surface area contributed by atoms with Crippen molar-refractivity contribution in [3.63, 3.8) is 0 Å². The molecule has 0 atom stereocenters. The maximum atomic E-state index is 12.9. The van der Waals surface area contributed by atoms with Gasteiger partial charge in [-0.3, -0.25) is 0 Å². The van der Waals surface area contributed by atoms with Crippen molar-refractivity contribution in [3.8, 4) is 0 Å². The number of nitrogens with zero attached hydrogens (tertiary/aromatic N) is 3. The second-order valence-corrected chi connectivity index (χ2v) is 7.32. The molecule has 26 heavy (non-hydrogen) atoms. The fourth-order valence-electron chi connectivity index (χ4n) is 2.92. The molecule has 134 valence electrons. The molecule has 0 aromatic heterocycles. The number of hydrogen-bond acceptors (Lipinski definition) is 3. The Balaban J connectivity index is 1.76. The standard InChI is InChI=1S/C21H23N3OSe/c1-22(2)18-11-9-17(10-12-18)15-19-20(25)24(21(26)23(19)3)14-13-16-7-5-4-6-8-16/h4-12,15H,13-14H2,1-3H3/b19-15+.